The first-order chi connectivity index (χ1) is 25.1. The quantitative estimate of drug-likeness (QED) is 0.172. The molecule has 4 N–H and O–H groups in total. The Bertz CT molecular complexity index is 2280. The van der Waals surface area contributed by atoms with Gasteiger partial charge in [-0.25, -0.2) is 9.67 Å². The van der Waals surface area contributed by atoms with Gasteiger partial charge in [-0.05, 0) is 84.8 Å². The lowest BCUT2D eigenvalue weighted by atomic mass is 9.99. The predicted octanol–water partition coefficient (Wildman–Crippen LogP) is 4.23. The number of carbonyl (C=O) groups excluding carboxylic acids is 4. The molecule has 5 heterocycles. The van der Waals surface area contributed by atoms with Gasteiger partial charge in [-0.15, -0.1) is 0 Å². The van der Waals surface area contributed by atoms with Crippen LogP contribution in [-0.2, 0) is 40.9 Å². The minimum absolute atomic E-state index is 0.159. The third-order valence-electron chi connectivity index (χ3n) is 10.0. The van der Waals surface area contributed by atoms with Crippen molar-refractivity contribution in [3.05, 3.63) is 94.2 Å². The molecule has 0 saturated carbocycles. The lowest BCUT2D eigenvalue weighted by molar-refractivity contribution is -0.137. The second kappa shape index (κ2) is 13.2. The number of aromatic nitrogens is 4. The number of para-hydroxylation sites is 1. The summed E-state index contributed by atoms with van der Waals surface area (Å²) in [7, 11) is 1.86. The van der Waals surface area contributed by atoms with Gasteiger partial charge in [0.2, 0.25) is 23.7 Å². The minimum atomic E-state index is -0.685. The number of rotatable bonds is 8. The molecule has 14 nitrogen and oxygen atoms in total. The van der Waals surface area contributed by atoms with Crippen LogP contribution in [-0.4, -0.2) is 72.3 Å². The molecule has 0 spiro atoms. The van der Waals surface area contributed by atoms with Crippen LogP contribution in [0.5, 0.6) is 0 Å². The smallest absolute Gasteiger partial charge is 0.255 e. The average Bonchev–Trinajstić information content (AvgIpc) is 3.60. The number of anilines is 5. The highest BCUT2D eigenvalue weighted by molar-refractivity contribution is 6.06. The second-order valence-electron chi connectivity index (χ2n) is 13.7. The van der Waals surface area contributed by atoms with Crippen molar-refractivity contribution in [2.45, 2.75) is 52.2 Å². The molecule has 1 fully saturated rings. The molecular weight excluding hydrogens is 660 g/mol. The molecule has 0 radical (unpaired) electrons. The van der Waals surface area contributed by atoms with Crippen molar-refractivity contribution >= 4 is 63.5 Å². The summed E-state index contributed by atoms with van der Waals surface area (Å²) in [6, 6.07) is 16.9. The molecule has 4 amide bonds. The van der Waals surface area contributed by atoms with Crippen LogP contribution in [0.25, 0.3) is 11.0 Å². The molecule has 8 rings (SSSR count). The number of imide groups is 1. The lowest BCUT2D eigenvalue weighted by Gasteiger charge is -2.29. The third kappa shape index (κ3) is 6.32. The normalized spacial score (nSPS) is 17.2. The Kier molecular flexibility index (Phi) is 8.38. The predicted molar refractivity (Wildman–Crippen MR) is 195 cm³/mol. The molecule has 1 saturated heterocycles. The van der Waals surface area contributed by atoms with Crippen molar-refractivity contribution in [2.75, 3.05) is 29.0 Å². The van der Waals surface area contributed by atoms with Gasteiger partial charge in [-0.2, -0.15) is 10.1 Å². The Balaban J connectivity index is 0.899. The summed E-state index contributed by atoms with van der Waals surface area (Å²) in [4.78, 5) is 63.1. The molecule has 1 unspecified atom stereocenters. The number of nitrogens with one attached hydrogen (secondary N) is 4. The highest BCUT2D eigenvalue weighted by Crippen LogP contribution is 2.31. The Hall–Kier alpha value is -6.15. The van der Waals surface area contributed by atoms with Gasteiger partial charge in [0.25, 0.3) is 5.91 Å². The highest BCUT2D eigenvalue weighted by Gasteiger charge is 2.39. The van der Waals surface area contributed by atoms with Crippen molar-refractivity contribution in [2.24, 2.45) is 7.05 Å². The van der Waals surface area contributed by atoms with E-state index in [0.717, 1.165) is 52.0 Å². The summed E-state index contributed by atoms with van der Waals surface area (Å²) in [5.74, 6) is -0.0297. The third-order valence-corrected chi connectivity index (χ3v) is 10.0. The fourth-order valence-electron chi connectivity index (χ4n) is 7.33. The van der Waals surface area contributed by atoms with Gasteiger partial charge in [-0.3, -0.25) is 29.4 Å². The number of hydrogen-bond acceptors (Lipinski definition) is 10. The second-order valence-corrected chi connectivity index (χ2v) is 13.7. The summed E-state index contributed by atoms with van der Waals surface area (Å²) in [6.45, 7) is 5.92. The van der Waals surface area contributed by atoms with Gasteiger partial charge in [0.05, 0.1) is 11.9 Å². The first-order valence-corrected chi connectivity index (χ1v) is 17.3. The summed E-state index contributed by atoms with van der Waals surface area (Å²) >= 11 is 0. The number of amides is 4. The maximum atomic E-state index is 13.2. The molecule has 0 bridgehead atoms. The largest absolute Gasteiger partial charge is 0.338 e. The SMILES string of the molecule is Cc1cccc(C)c1Nc1nn(C)c2nc(Nc3ccc4c(c3)CN(CC(=O)Nc3ccc5c(c3)CN(C3CCC(=O)NC3=O)C5=O)CC4)ncc12. The van der Waals surface area contributed by atoms with Crippen LogP contribution >= 0.6 is 0 Å². The zero-order chi connectivity index (χ0) is 36.1. The van der Waals surface area contributed by atoms with Crippen molar-refractivity contribution in [1.82, 2.24) is 34.9 Å². The van der Waals surface area contributed by atoms with E-state index in [1.54, 1.807) is 29.1 Å². The van der Waals surface area contributed by atoms with E-state index in [2.05, 4.69) is 74.4 Å². The molecule has 14 heteroatoms. The Morgan fingerprint density at radius 3 is 2.52 bits per heavy atom. The summed E-state index contributed by atoms with van der Waals surface area (Å²) in [5.41, 5.74) is 9.00. The van der Waals surface area contributed by atoms with Crippen LogP contribution in [0.15, 0.2) is 60.8 Å². The van der Waals surface area contributed by atoms with Crippen LogP contribution in [0.1, 0.15) is 51.0 Å². The van der Waals surface area contributed by atoms with Crippen LogP contribution < -0.4 is 21.3 Å². The molecular formula is C38H38N10O4. The van der Waals surface area contributed by atoms with Gasteiger partial charge in [0, 0.05) is 61.9 Å². The number of carbonyl (C=O) groups is 4. The van der Waals surface area contributed by atoms with Crippen LogP contribution in [0.4, 0.5) is 28.8 Å². The number of fused-ring (bicyclic) bond motifs is 3. The van der Waals surface area contributed by atoms with Gasteiger partial charge in [0.1, 0.15) is 6.04 Å². The van der Waals surface area contributed by atoms with E-state index < -0.39 is 11.9 Å². The van der Waals surface area contributed by atoms with Gasteiger partial charge in [-0.1, -0.05) is 24.3 Å². The van der Waals surface area contributed by atoms with Gasteiger partial charge in [0.15, 0.2) is 11.5 Å². The topological polar surface area (TPSA) is 166 Å². The van der Waals surface area contributed by atoms with E-state index in [1.165, 1.54) is 10.5 Å². The first kappa shape index (κ1) is 33.0. The van der Waals surface area contributed by atoms with Gasteiger partial charge < -0.3 is 20.9 Å². The fourth-order valence-corrected chi connectivity index (χ4v) is 7.33. The number of benzene rings is 3. The van der Waals surface area contributed by atoms with Crippen molar-refractivity contribution in [3.8, 4) is 0 Å². The molecule has 5 aromatic rings. The number of piperidine rings is 1. The molecule has 3 aliphatic rings. The summed E-state index contributed by atoms with van der Waals surface area (Å²) in [6.07, 6.45) is 3.09. The zero-order valence-electron chi connectivity index (χ0n) is 29.1. The van der Waals surface area contributed by atoms with Crippen molar-refractivity contribution in [3.63, 3.8) is 0 Å². The summed E-state index contributed by atoms with van der Waals surface area (Å²) < 4.78 is 1.74. The monoisotopic (exact) mass is 698 g/mol. The van der Waals surface area contributed by atoms with E-state index in [4.69, 9.17) is 4.98 Å². The van der Waals surface area contributed by atoms with Crippen molar-refractivity contribution in [1.29, 1.82) is 0 Å². The Labute approximate surface area is 299 Å². The summed E-state index contributed by atoms with van der Waals surface area (Å²) in [5, 5.41) is 17.6. The van der Waals surface area contributed by atoms with Gasteiger partial charge >= 0.3 is 0 Å². The van der Waals surface area contributed by atoms with Crippen molar-refractivity contribution < 1.29 is 19.2 Å². The Morgan fingerprint density at radius 2 is 1.71 bits per heavy atom. The number of nitrogens with zero attached hydrogens (tertiary/aromatic N) is 6. The first-order valence-electron chi connectivity index (χ1n) is 17.3. The van der Waals surface area contributed by atoms with E-state index in [0.29, 0.717) is 41.6 Å². The fraction of sp³-hybridized carbons (Fsp3) is 0.289. The van der Waals surface area contributed by atoms with Crippen LogP contribution in [0.2, 0.25) is 0 Å². The molecule has 1 atom stereocenters. The molecule has 0 aliphatic carbocycles. The van der Waals surface area contributed by atoms with Crippen LogP contribution in [0.3, 0.4) is 0 Å². The van der Waals surface area contributed by atoms with E-state index >= 15 is 0 Å². The maximum Gasteiger partial charge on any atom is 0.255 e. The van der Waals surface area contributed by atoms with E-state index in [9.17, 15) is 19.2 Å². The molecule has 3 aliphatic heterocycles. The Morgan fingerprint density at radius 1 is 0.923 bits per heavy atom. The molecule has 264 valence electrons. The maximum absolute atomic E-state index is 13.2. The number of aryl methyl sites for hydroxylation is 3. The van der Waals surface area contributed by atoms with E-state index in [1.807, 2.05) is 19.2 Å². The molecule has 3 aromatic carbocycles. The zero-order valence-corrected chi connectivity index (χ0v) is 29.1. The molecule has 52 heavy (non-hydrogen) atoms. The minimum Gasteiger partial charge on any atom is -0.338 e. The number of hydrogen-bond donors (Lipinski definition) is 4. The lowest BCUT2D eigenvalue weighted by Crippen LogP contribution is -2.52. The average molecular weight is 699 g/mol. The highest BCUT2D eigenvalue weighted by atomic mass is 16.2. The standard InChI is InChI=1S/C38H38N10O4/c1-21-5-4-6-22(2)33(21)43-34-29-17-39-38(44-35(29)46(3)45-34)41-27-8-7-23-13-14-47(18-24(23)15-27)20-32(50)40-26-9-10-28-25(16-26)19-48(37(28)52)30-11-12-31(49)42-36(30)51/h4-10,15-17,30H,11-14,18-20H2,1-3H3,(H,40,50)(H,43,45)(H,39,41,44)(H,42,49,51). The molecule has 2 aromatic heterocycles. The van der Waals surface area contributed by atoms with E-state index in [-0.39, 0.29) is 37.2 Å². The van der Waals surface area contributed by atoms with Crippen LogP contribution in [0, 0.1) is 13.8 Å².